The maximum absolute atomic E-state index is 12.3. The third-order valence-electron chi connectivity index (χ3n) is 3.82. The molecule has 0 aromatic heterocycles. The first-order chi connectivity index (χ1) is 12.1. The van der Waals surface area contributed by atoms with Crippen molar-refractivity contribution in [2.24, 2.45) is 0 Å². The van der Waals surface area contributed by atoms with E-state index in [1.165, 1.54) is 0 Å². The van der Waals surface area contributed by atoms with Gasteiger partial charge in [-0.3, -0.25) is 0 Å². The highest BCUT2D eigenvalue weighted by molar-refractivity contribution is 7.89. The predicted octanol–water partition coefficient (Wildman–Crippen LogP) is 2.73. The second-order valence-corrected chi connectivity index (χ2v) is 7.36. The molecule has 1 aliphatic rings. The van der Waals surface area contributed by atoms with Crippen molar-refractivity contribution in [3.63, 3.8) is 0 Å². The molecule has 1 heterocycles. The van der Waals surface area contributed by atoms with Crippen LogP contribution in [0, 0.1) is 0 Å². The average Bonchev–Trinajstić information content (AvgIpc) is 3.07. The molecule has 7 heteroatoms. The van der Waals surface area contributed by atoms with Crippen LogP contribution in [0.3, 0.4) is 0 Å². The van der Waals surface area contributed by atoms with E-state index in [9.17, 15) is 8.42 Å². The molecule has 0 bridgehead atoms. The van der Waals surface area contributed by atoms with Crippen molar-refractivity contribution < 1.29 is 22.6 Å². The second-order valence-electron chi connectivity index (χ2n) is 5.59. The standard InChI is InChI=1S/C18H21NO5S/c1-2-22-15-6-8-16(9-7-15)25(20,21)19-11-3-4-14-5-10-17-18(12-14)24-13-23-17/h5-10,12,19H,2-4,11,13H2,1H3. The lowest BCUT2D eigenvalue weighted by Crippen LogP contribution is -2.25. The summed E-state index contributed by atoms with van der Waals surface area (Å²) in [5.41, 5.74) is 1.09. The summed E-state index contributed by atoms with van der Waals surface area (Å²) in [5, 5.41) is 0. The fourth-order valence-corrected chi connectivity index (χ4v) is 3.63. The number of ether oxygens (including phenoxy) is 3. The van der Waals surface area contributed by atoms with Crippen LogP contribution >= 0.6 is 0 Å². The zero-order chi connectivity index (χ0) is 17.7. The molecule has 1 N–H and O–H groups in total. The molecule has 6 nitrogen and oxygen atoms in total. The normalized spacial score (nSPS) is 13.0. The van der Waals surface area contributed by atoms with E-state index in [4.69, 9.17) is 14.2 Å². The van der Waals surface area contributed by atoms with E-state index in [1.54, 1.807) is 24.3 Å². The van der Waals surface area contributed by atoms with Gasteiger partial charge in [0.05, 0.1) is 11.5 Å². The minimum Gasteiger partial charge on any atom is -0.494 e. The van der Waals surface area contributed by atoms with Crippen molar-refractivity contribution in [1.82, 2.24) is 4.72 Å². The minimum atomic E-state index is -3.51. The number of aryl methyl sites for hydroxylation is 1. The number of benzene rings is 2. The largest absolute Gasteiger partial charge is 0.494 e. The molecule has 0 radical (unpaired) electrons. The van der Waals surface area contributed by atoms with Crippen LogP contribution in [0.4, 0.5) is 0 Å². The minimum absolute atomic E-state index is 0.235. The smallest absolute Gasteiger partial charge is 0.240 e. The Balaban J connectivity index is 1.50. The number of hydrogen-bond donors (Lipinski definition) is 1. The molecule has 2 aromatic carbocycles. The topological polar surface area (TPSA) is 73.9 Å². The van der Waals surface area contributed by atoms with Crippen LogP contribution in [0.5, 0.6) is 17.2 Å². The molecule has 0 saturated heterocycles. The van der Waals surface area contributed by atoms with E-state index in [2.05, 4.69) is 4.72 Å². The molecule has 3 rings (SSSR count). The van der Waals surface area contributed by atoms with E-state index in [1.807, 2.05) is 25.1 Å². The van der Waals surface area contributed by atoms with Crippen molar-refractivity contribution in [2.45, 2.75) is 24.7 Å². The summed E-state index contributed by atoms with van der Waals surface area (Å²) in [6.45, 7) is 3.04. The quantitative estimate of drug-likeness (QED) is 0.730. The second kappa shape index (κ2) is 7.76. The third-order valence-corrected chi connectivity index (χ3v) is 5.29. The summed E-state index contributed by atoms with van der Waals surface area (Å²) in [4.78, 5) is 0.235. The van der Waals surface area contributed by atoms with Crippen molar-refractivity contribution in [1.29, 1.82) is 0 Å². The van der Waals surface area contributed by atoms with Crippen LogP contribution in [-0.2, 0) is 16.4 Å². The van der Waals surface area contributed by atoms with Crippen LogP contribution in [0.25, 0.3) is 0 Å². The van der Waals surface area contributed by atoms with Gasteiger partial charge in [0.15, 0.2) is 11.5 Å². The molecule has 0 amide bonds. The zero-order valence-electron chi connectivity index (χ0n) is 14.0. The fraction of sp³-hybridized carbons (Fsp3) is 0.333. The van der Waals surface area contributed by atoms with Crippen molar-refractivity contribution in [3.8, 4) is 17.2 Å². The number of sulfonamides is 1. The van der Waals surface area contributed by atoms with Crippen LogP contribution in [0.1, 0.15) is 18.9 Å². The Bertz CT molecular complexity index is 818. The monoisotopic (exact) mass is 363 g/mol. The molecule has 0 spiro atoms. The van der Waals surface area contributed by atoms with Crippen molar-refractivity contribution in [2.75, 3.05) is 19.9 Å². The molecule has 0 fully saturated rings. The maximum Gasteiger partial charge on any atom is 0.240 e. The van der Waals surface area contributed by atoms with E-state index < -0.39 is 10.0 Å². The molecular weight excluding hydrogens is 342 g/mol. The highest BCUT2D eigenvalue weighted by Crippen LogP contribution is 2.32. The van der Waals surface area contributed by atoms with Crippen LogP contribution in [0.2, 0.25) is 0 Å². The zero-order valence-corrected chi connectivity index (χ0v) is 14.8. The van der Waals surface area contributed by atoms with Gasteiger partial charge in [-0.15, -0.1) is 0 Å². The summed E-state index contributed by atoms with van der Waals surface area (Å²) < 4.78 is 43.1. The maximum atomic E-state index is 12.3. The summed E-state index contributed by atoms with van der Waals surface area (Å²) in [6.07, 6.45) is 1.44. The van der Waals surface area contributed by atoms with Gasteiger partial charge in [-0.05, 0) is 61.7 Å². The lowest BCUT2D eigenvalue weighted by Gasteiger charge is -2.08. The number of rotatable bonds is 8. The Morgan fingerprint density at radius 3 is 2.60 bits per heavy atom. The summed E-state index contributed by atoms with van der Waals surface area (Å²) >= 11 is 0. The van der Waals surface area contributed by atoms with Crippen LogP contribution in [-0.4, -0.2) is 28.4 Å². The highest BCUT2D eigenvalue weighted by Gasteiger charge is 2.15. The predicted molar refractivity (Wildman–Crippen MR) is 93.7 cm³/mol. The van der Waals surface area contributed by atoms with Crippen molar-refractivity contribution in [3.05, 3.63) is 48.0 Å². The van der Waals surface area contributed by atoms with E-state index >= 15 is 0 Å². The van der Waals surface area contributed by atoms with Gasteiger partial charge in [0.2, 0.25) is 16.8 Å². The SMILES string of the molecule is CCOc1ccc(S(=O)(=O)NCCCc2ccc3c(c2)OCO3)cc1. The van der Waals surface area contributed by atoms with Gasteiger partial charge in [0.1, 0.15) is 5.75 Å². The first-order valence-electron chi connectivity index (χ1n) is 8.19. The Labute approximate surface area is 147 Å². The molecule has 1 aliphatic heterocycles. The number of fused-ring (bicyclic) bond motifs is 1. The Morgan fingerprint density at radius 1 is 1.08 bits per heavy atom. The summed E-state index contributed by atoms with van der Waals surface area (Å²) in [5.74, 6) is 2.15. The molecule has 25 heavy (non-hydrogen) atoms. The molecule has 0 unspecified atom stereocenters. The Kier molecular flexibility index (Phi) is 5.45. The lowest BCUT2D eigenvalue weighted by atomic mass is 10.1. The molecule has 0 saturated carbocycles. The molecular formula is C18H21NO5S. The van der Waals surface area contributed by atoms with Crippen LogP contribution < -0.4 is 18.9 Å². The first-order valence-corrected chi connectivity index (χ1v) is 9.68. The summed E-state index contributed by atoms with van der Waals surface area (Å²) in [7, 11) is -3.51. The molecule has 2 aromatic rings. The molecule has 0 atom stereocenters. The van der Waals surface area contributed by atoms with Gasteiger partial charge in [-0.2, -0.15) is 0 Å². The van der Waals surface area contributed by atoms with E-state index in [-0.39, 0.29) is 11.7 Å². The fourth-order valence-electron chi connectivity index (χ4n) is 2.56. The Hall–Kier alpha value is -2.25. The highest BCUT2D eigenvalue weighted by atomic mass is 32.2. The number of nitrogens with one attached hydrogen (secondary N) is 1. The number of hydrogen-bond acceptors (Lipinski definition) is 5. The third kappa shape index (κ3) is 4.43. The average molecular weight is 363 g/mol. The Morgan fingerprint density at radius 2 is 1.84 bits per heavy atom. The summed E-state index contributed by atoms with van der Waals surface area (Å²) in [6, 6.07) is 12.2. The van der Waals surface area contributed by atoms with Gasteiger partial charge < -0.3 is 14.2 Å². The van der Waals surface area contributed by atoms with Gasteiger partial charge in [-0.25, -0.2) is 13.1 Å². The van der Waals surface area contributed by atoms with Gasteiger partial charge >= 0.3 is 0 Å². The lowest BCUT2D eigenvalue weighted by molar-refractivity contribution is 0.174. The molecule has 134 valence electrons. The van der Waals surface area contributed by atoms with Crippen molar-refractivity contribution >= 4 is 10.0 Å². The van der Waals surface area contributed by atoms with Crippen LogP contribution in [0.15, 0.2) is 47.4 Å². The van der Waals surface area contributed by atoms with E-state index in [0.29, 0.717) is 25.3 Å². The van der Waals surface area contributed by atoms with E-state index in [0.717, 1.165) is 23.5 Å². The van der Waals surface area contributed by atoms with Gasteiger partial charge in [0, 0.05) is 6.54 Å². The van der Waals surface area contributed by atoms with Gasteiger partial charge in [-0.1, -0.05) is 6.07 Å². The first kappa shape index (κ1) is 17.6. The molecule has 0 aliphatic carbocycles. The van der Waals surface area contributed by atoms with Gasteiger partial charge in [0.25, 0.3) is 0 Å².